The molecule has 1 saturated heterocycles. The molecule has 1 fully saturated rings. The first-order chi connectivity index (χ1) is 5.36. The van der Waals surface area contributed by atoms with Gasteiger partial charge in [-0.1, -0.05) is 13.3 Å². The quantitative estimate of drug-likeness (QED) is 0.666. The van der Waals surface area contributed by atoms with E-state index in [1.54, 1.807) is 7.11 Å². The van der Waals surface area contributed by atoms with Crippen molar-refractivity contribution >= 4 is 0 Å². The number of methoxy groups -OCH3 is 1. The van der Waals surface area contributed by atoms with E-state index in [1.807, 2.05) is 0 Å². The van der Waals surface area contributed by atoms with E-state index in [1.165, 1.54) is 19.3 Å². The Balaban J connectivity index is 2.12. The van der Waals surface area contributed by atoms with Crippen molar-refractivity contribution < 1.29 is 4.74 Å². The topological polar surface area (TPSA) is 21.3 Å². The average molecular weight is 157 g/mol. The smallest absolute Gasteiger partial charge is 0.0503 e. The van der Waals surface area contributed by atoms with Gasteiger partial charge in [-0.15, -0.1) is 0 Å². The lowest BCUT2D eigenvalue weighted by molar-refractivity contribution is 0.159. The van der Waals surface area contributed by atoms with Crippen LogP contribution in [-0.2, 0) is 4.74 Å². The molecule has 2 nitrogen and oxygen atoms in total. The van der Waals surface area contributed by atoms with Gasteiger partial charge in [-0.3, -0.25) is 0 Å². The van der Waals surface area contributed by atoms with E-state index in [0.29, 0.717) is 0 Å². The van der Waals surface area contributed by atoms with Crippen LogP contribution >= 0.6 is 0 Å². The van der Waals surface area contributed by atoms with Crippen molar-refractivity contribution in [2.45, 2.75) is 32.2 Å². The molecule has 1 heterocycles. The second-order valence-corrected chi connectivity index (χ2v) is 3.45. The van der Waals surface area contributed by atoms with Crippen LogP contribution in [0.4, 0.5) is 0 Å². The fourth-order valence-corrected chi connectivity index (χ4v) is 1.83. The highest BCUT2D eigenvalue weighted by atomic mass is 16.5. The van der Waals surface area contributed by atoms with E-state index in [4.69, 9.17) is 4.74 Å². The third-order valence-electron chi connectivity index (χ3n) is 2.35. The van der Waals surface area contributed by atoms with Crippen LogP contribution in [0.5, 0.6) is 0 Å². The van der Waals surface area contributed by atoms with Gasteiger partial charge in [-0.25, -0.2) is 0 Å². The van der Waals surface area contributed by atoms with Gasteiger partial charge in [0.05, 0.1) is 6.61 Å². The molecular weight excluding hydrogens is 138 g/mol. The SMILES string of the molecule is CCCC1CC(COC)CN1. The summed E-state index contributed by atoms with van der Waals surface area (Å²) in [6.45, 7) is 4.32. The van der Waals surface area contributed by atoms with Crippen molar-refractivity contribution in [3.05, 3.63) is 0 Å². The van der Waals surface area contributed by atoms with Crippen LogP contribution in [0.3, 0.4) is 0 Å². The lowest BCUT2D eigenvalue weighted by atomic mass is 10.0. The van der Waals surface area contributed by atoms with E-state index < -0.39 is 0 Å². The first kappa shape index (κ1) is 9.01. The van der Waals surface area contributed by atoms with Crippen LogP contribution < -0.4 is 5.32 Å². The summed E-state index contributed by atoms with van der Waals surface area (Å²) in [5, 5.41) is 3.51. The zero-order chi connectivity index (χ0) is 8.10. The van der Waals surface area contributed by atoms with Crippen molar-refractivity contribution in [2.24, 2.45) is 5.92 Å². The van der Waals surface area contributed by atoms with Gasteiger partial charge in [-0.2, -0.15) is 0 Å². The number of rotatable bonds is 4. The summed E-state index contributed by atoms with van der Waals surface area (Å²) in [5.41, 5.74) is 0. The molecule has 1 aliphatic heterocycles. The van der Waals surface area contributed by atoms with Crippen LogP contribution in [0.15, 0.2) is 0 Å². The second kappa shape index (κ2) is 4.73. The minimum absolute atomic E-state index is 0.761. The molecule has 2 unspecified atom stereocenters. The Morgan fingerprint density at radius 2 is 2.36 bits per heavy atom. The second-order valence-electron chi connectivity index (χ2n) is 3.45. The maximum absolute atomic E-state index is 5.11. The first-order valence-corrected chi connectivity index (χ1v) is 4.59. The Morgan fingerprint density at radius 3 is 3.00 bits per heavy atom. The van der Waals surface area contributed by atoms with E-state index in [9.17, 15) is 0 Å². The fraction of sp³-hybridized carbons (Fsp3) is 1.00. The summed E-state index contributed by atoms with van der Waals surface area (Å²) < 4.78 is 5.11. The Hall–Kier alpha value is -0.0800. The predicted molar refractivity (Wildman–Crippen MR) is 46.7 cm³/mol. The van der Waals surface area contributed by atoms with Crippen LogP contribution in [0.25, 0.3) is 0 Å². The summed E-state index contributed by atoms with van der Waals surface area (Å²) in [4.78, 5) is 0. The van der Waals surface area contributed by atoms with E-state index in [0.717, 1.165) is 25.1 Å². The van der Waals surface area contributed by atoms with Gasteiger partial charge in [0, 0.05) is 19.7 Å². The van der Waals surface area contributed by atoms with Crippen molar-refractivity contribution in [1.82, 2.24) is 5.32 Å². The Bertz CT molecular complexity index is 93.7. The van der Waals surface area contributed by atoms with Crippen LogP contribution in [0.2, 0.25) is 0 Å². The zero-order valence-corrected chi connectivity index (χ0v) is 7.60. The fourth-order valence-electron chi connectivity index (χ4n) is 1.83. The molecule has 0 amide bonds. The monoisotopic (exact) mass is 157 g/mol. The van der Waals surface area contributed by atoms with E-state index in [2.05, 4.69) is 12.2 Å². The molecule has 2 atom stereocenters. The highest BCUT2D eigenvalue weighted by molar-refractivity contribution is 4.80. The van der Waals surface area contributed by atoms with Gasteiger partial charge in [0.1, 0.15) is 0 Å². The Labute approximate surface area is 69.3 Å². The van der Waals surface area contributed by atoms with Crippen molar-refractivity contribution in [3.8, 4) is 0 Å². The summed E-state index contributed by atoms with van der Waals surface area (Å²) in [7, 11) is 1.78. The van der Waals surface area contributed by atoms with Gasteiger partial charge < -0.3 is 10.1 Å². The zero-order valence-electron chi connectivity index (χ0n) is 7.60. The van der Waals surface area contributed by atoms with Gasteiger partial charge in [0.2, 0.25) is 0 Å². The molecule has 2 heteroatoms. The van der Waals surface area contributed by atoms with Crippen molar-refractivity contribution in [1.29, 1.82) is 0 Å². The number of hydrogen-bond donors (Lipinski definition) is 1. The lowest BCUT2D eigenvalue weighted by Crippen LogP contribution is -2.20. The molecule has 1 rings (SSSR count). The Morgan fingerprint density at radius 1 is 1.55 bits per heavy atom. The van der Waals surface area contributed by atoms with Crippen LogP contribution in [0, 0.1) is 5.92 Å². The third-order valence-corrected chi connectivity index (χ3v) is 2.35. The molecule has 0 saturated carbocycles. The van der Waals surface area contributed by atoms with E-state index in [-0.39, 0.29) is 0 Å². The molecule has 1 aliphatic rings. The molecule has 0 aromatic rings. The van der Waals surface area contributed by atoms with Gasteiger partial charge in [0.15, 0.2) is 0 Å². The molecule has 0 spiro atoms. The molecule has 0 aromatic carbocycles. The summed E-state index contributed by atoms with van der Waals surface area (Å²) in [6, 6.07) is 0.764. The van der Waals surface area contributed by atoms with E-state index >= 15 is 0 Å². The van der Waals surface area contributed by atoms with Crippen LogP contribution in [-0.4, -0.2) is 26.3 Å². The lowest BCUT2D eigenvalue weighted by Gasteiger charge is -2.07. The average Bonchev–Trinajstić information content (AvgIpc) is 2.38. The summed E-state index contributed by atoms with van der Waals surface area (Å²) >= 11 is 0. The Kier molecular flexibility index (Phi) is 3.87. The summed E-state index contributed by atoms with van der Waals surface area (Å²) in [6.07, 6.45) is 3.92. The highest BCUT2D eigenvalue weighted by Gasteiger charge is 2.22. The summed E-state index contributed by atoms with van der Waals surface area (Å²) in [5.74, 6) is 0.761. The largest absolute Gasteiger partial charge is 0.384 e. The number of nitrogens with one attached hydrogen (secondary N) is 1. The van der Waals surface area contributed by atoms with Crippen molar-refractivity contribution in [2.75, 3.05) is 20.3 Å². The van der Waals surface area contributed by atoms with Gasteiger partial charge in [0.25, 0.3) is 0 Å². The molecule has 1 N–H and O–H groups in total. The molecule has 0 aliphatic carbocycles. The number of hydrogen-bond acceptors (Lipinski definition) is 2. The normalized spacial score (nSPS) is 31.1. The maximum Gasteiger partial charge on any atom is 0.0503 e. The molecule has 11 heavy (non-hydrogen) atoms. The minimum atomic E-state index is 0.761. The number of ether oxygens (including phenoxy) is 1. The van der Waals surface area contributed by atoms with Crippen molar-refractivity contribution in [3.63, 3.8) is 0 Å². The first-order valence-electron chi connectivity index (χ1n) is 4.59. The predicted octanol–water partition coefficient (Wildman–Crippen LogP) is 1.41. The van der Waals surface area contributed by atoms with Gasteiger partial charge in [-0.05, 0) is 18.8 Å². The molecule has 0 radical (unpaired) electrons. The molecule has 0 aromatic heterocycles. The standard InChI is InChI=1S/C9H19NO/c1-3-4-9-5-8(6-10-9)7-11-2/h8-10H,3-7H2,1-2H3. The maximum atomic E-state index is 5.11. The van der Waals surface area contributed by atoms with Crippen LogP contribution in [0.1, 0.15) is 26.2 Å². The minimum Gasteiger partial charge on any atom is -0.384 e. The third kappa shape index (κ3) is 2.80. The molecule has 66 valence electrons. The van der Waals surface area contributed by atoms with Gasteiger partial charge >= 0.3 is 0 Å². The highest BCUT2D eigenvalue weighted by Crippen LogP contribution is 2.17. The molecule has 0 bridgehead atoms. The molecular formula is C9H19NO.